The molecule has 0 saturated carbocycles. The zero-order valence-corrected chi connectivity index (χ0v) is 18.3. The molecule has 0 radical (unpaired) electrons. The molecule has 0 bridgehead atoms. The fourth-order valence-corrected chi connectivity index (χ4v) is 3.23. The van der Waals surface area contributed by atoms with Gasteiger partial charge in [0.15, 0.2) is 0 Å². The molecule has 0 fully saturated rings. The molecule has 0 heterocycles. The van der Waals surface area contributed by atoms with Crippen LogP contribution in [0.15, 0.2) is 27.7 Å². The highest BCUT2D eigenvalue weighted by molar-refractivity contribution is 9.28. The summed E-state index contributed by atoms with van der Waals surface area (Å²) in [6, 6.07) is 8.85. The highest BCUT2D eigenvalue weighted by Gasteiger charge is 2.09. The molecule has 0 aromatic heterocycles. The van der Waals surface area contributed by atoms with Gasteiger partial charge in [-0.2, -0.15) is 0 Å². The third kappa shape index (κ3) is 7.81. The molecule has 0 aliphatic rings. The maximum Gasteiger partial charge on any atom is 0.129 e. The zero-order chi connectivity index (χ0) is 16.6. The third-order valence-electron chi connectivity index (χ3n) is 3.31. The summed E-state index contributed by atoms with van der Waals surface area (Å²) in [4.78, 5) is 0. The van der Waals surface area contributed by atoms with Crippen molar-refractivity contribution in [3.05, 3.63) is 38.8 Å². The van der Waals surface area contributed by atoms with Crippen molar-refractivity contribution in [3.63, 3.8) is 0 Å². The second-order valence-electron chi connectivity index (χ2n) is 6.64. The van der Waals surface area contributed by atoms with Crippen LogP contribution >= 0.6 is 31.9 Å². The van der Waals surface area contributed by atoms with Crippen LogP contribution in [0.3, 0.4) is 0 Å². The van der Waals surface area contributed by atoms with Gasteiger partial charge >= 0.3 is 0 Å². The zero-order valence-electron chi connectivity index (χ0n) is 14.1. The molecule has 0 saturated heterocycles. The van der Waals surface area contributed by atoms with Crippen LogP contribution in [0.5, 0.6) is 0 Å². The molecule has 0 N–H and O–H groups in total. The monoisotopic (exact) mass is 440 g/mol. The van der Waals surface area contributed by atoms with E-state index < -0.39 is 8.07 Å². The first kappa shape index (κ1) is 19.7. The Labute approximate surface area is 154 Å². The Balaban J connectivity index is 2.82. The van der Waals surface area contributed by atoms with E-state index in [1.807, 2.05) is 0 Å². The van der Waals surface area contributed by atoms with Crippen LogP contribution in [0.1, 0.15) is 43.7 Å². The van der Waals surface area contributed by atoms with Crippen molar-refractivity contribution < 1.29 is 0 Å². The second kappa shape index (κ2) is 9.75. The molecule has 1 rings (SSSR count). The summed E-state index contributed by atoms with van der Waals surface area (Å²) in [6.07, 6.45) is 6.43. The fourth-order valence-electron chi connectivity index (χ4n) is 2.07. The van der Waals surface area contributed by atoms with Gasteiger partial charge in [0.1, 0.15) is 8.07 Å². The minimum absolute atomic E-state index is 0.932. The van der Waals surface area contributed by atoms with E-state index in [9.17, 15) is 0 Å². The molecule has 120 valence electrons. The summed E-state index contributed by atoms with van der Waals surface area (Å²) in [7, 11) is -1.37. The topological polar surface area (TPSA) is 0 Å². The Bertz CT molecular complexity index is 550. The second-order valence-corrected chi connectivity index (χ2v) is 14.0. The average molecular weight is 442 g/mol. The molecule has 0 unspecified atom stereocenters. The Morgan fingerprint density at radius 2 is 1.64 bits per heavy atom. The predicted molar refractivity (Wildman–Crippen MR) is 110 cm³/mol. The van der Waals surface area contributed by atoms with Crippen LogP contribution in [-0.2, 0) is 6.42 Å². The first-order chi connectivity index (χ1) is 10.3. The van der Waals surface area contributed by atoms with E-state index in [1.54, 1.807) is 0 Å². The van der Waals surface area contributed by atoms with Gasteiger partial charge in [0.05, 0.1) is 8.96 Å². The van der Waals surface area contributed by atoms with E-state index >= 15 is 0 Å². The van der Waals surface area contributed by atoms with E-state index in [0.29, 0.717) is 0 Å². The summed E-state index contributed by atoms with van der Waals surface area (Å²) in [5.41, 5.74) is 7.07. The molecule has 3 heteroatoms. The van der Waals surface area contributed by atoms with Gasteiger partial charge in [-0.05, 0) is 55.8 Å². The first-order valence-corrected chi connectivity index (χ1v) is 13.1. The maximum atomic E-state index is 3.53. The number of halogens is 2. The Hall–Kier alpha value is -0.303. The third-order valence-corrected chi connectivity index (χ3v) is 4.98. The molecule has 1 aromatic rings. The molecule has 0 aliphatic heterocycles. The lowest BCUT2D eigenvalue weighted by Crippen LogP contribution is -2.16. The number of hydrogen-bond donors (Lipinski definition) is 0. The maximum absolute atomic E-state index is 3.53. The molecular weight excluding hydrogens is 416 g/mol. The van der Waals surface area contributed by atoms with E-state index in [1.165, 1.54) is 43.2 Å². The van der Waals surface area contributed by atoms with E-state index in [2.05, 4.69) is 94.2 Å². The molecule has 0 atom stereocenters. The van der Waals surface area contributed by atoms with E-state index in [-0.39, 0.29) is 0 Å². The molecule has 0 aliphatic carbocycles. The summed E-state index contributed by atoms with van der Waals surface area (Å²) in [5, 5.41) is 0. The van der Waals surface area contributed by atoms with Crippen molar-refractivity contribution in [2.24, 2.45) is 0 Å². The van der Waals surface area contributed by atoms with Crippen LogP contribution in [0.25, 0.3) is 5.57 Å². The van der Waals surface area contributed by atoms with E-state index in [0.717, 1.165) is 8.96 Å². The number of benzene rings is 1. The molecular formula is C19H26Br2Si. The molecule has 22 heavy (non-hydrogen) atoms. The van der Waals surface area contributed by atoms with Crippen molar-refractivity contribution in [3.8, 4) is 11.5 Å². The van der Waals surface area contributed by atoms with Gasteiger partial charge in [-0.1, -0.05) is 76.0 Å². The lowest BCUT2D eigenvalue weighted by atomic mass is 10.0. The molecule has 0 amide bonds. The van der Waals surface area contributed by atoms with Crippen LogP contribution in [-0.4, -0.2) is 8.07 Å². The van der Waals surface area contributed by atoms with E-state index in [4.69, 9.17) is 0 Å². The van der Waals surface area contributed by atoms with Gasteiger partial charge in [0.25, 0.3) is 0 Å². The summed E-state index contributed by atoms with van der Waals surface area (Å²) in [6.45, 7) is 9.04. The van der Waals surface area contributed by atoms with Crippen LogP contribution in [0.4, 0.5) is 0 Å². The number of unbranched alkanes of at least 4 members (excludes halogenated alkanes) is 3. The Morgan fingerprint density at radius 3 is 2.14 bits per heavy atom. The smallest absolute Gasteiger partial charge is 0.127 e. The number of aryl methyl sites for hydroxylation is 1. The number of allylic oxidation sites excluding steroid dienone is 1. The quantitative estimate of drug-likeness (QED) is 0.249. The number of rotatable bonds is 6. The van der Waals surface area contributed by atoms with Crippen molar-refractivity contribution >= 4 is 45.5 Å². The first-order valence-electron chi connectivity index (χ1n) is 8.01. The minimum Gasteiger partial charge on any atom is -0.127 e. The molecule has 0 nitrogen and oxygen atoms in total. The predicted octanol–water partition coefficient (Wildman–Crippen LogP) is 7.15. The lowest BCUT2D eigenvalue weighted by Gasteiger charge is -2.07. The van der Waals surface area contributed by atoms with Crippen molar-refractivity contribution in [2.45, 2.75) is 58.7 Å². The Kier molecular flexibility index (Phi) is 8.75. The van der Waals surface area contributed by atoms with Crippen LogP contribution < -0.4 is 0 Å². The highest BCUT2D eigenvalue weighted by Crippen LogP contribution is 2.27. The van der Waals surface area contributed by atoms with Crippen molar-refractivity contribution in [2.75, 3.05) is 0 Å². The normalized spacial score (nSPS) is 10.8. The van der Waals surface area contributed by atoms with Crippen LogP contribution in [0, 0.1) is 11.5 Å². The van der Waals surface area contributed by atoms with Crippen molar-refractivity contribution in [1.29, 1.82) is 0 Å². The van der Waals surface area contributed by atoms with Gasteiger partial charge in [0.2, 0.25) is 0 Å². The lowest BCUT2D eigenvalue weighted by molar-refractivity contribution is 0.667. The van der Waals surface area contributed by atoms with Gasteiger partial charge < -0.3 is 0 Å². The van der Waals surface area contributed by atoms with Gasteiger partial charge in [-0.15, -0.1) is 5.54 Å². The van der Waals surface area contributed by atoms with Crippen LogP contribution in [0.2, 0.25) is 19.6 Å². The van der Waals surface area contributed by atoms with Gasteiger partial charge in [-0.3, -0.25) is 0 Å². The molecule has 1 aromatic carbocycles. The van der Waals surface area contributed by atoms with Gasteiger partial charge in [0, 0.05) is 0 Å². The Morgan fingerprint density at radius 1 is 1.00 bits per heavy atom. The minimum atomic E-state index is -1.37. The number of hydrogen-bond acceptors (Lipinski definition) is 0. The average Bonchev–Trinajstić information content (AvgIpc) is 2.43. The largest absolute Gasteiger partial charge is 0.129 e. The van der Waals surface area contributed by atoms with Gasteiger partial charge in [-0.25, -0.2) is 0 Å². The summed E-state index contributed by atoms with van der Waals surface area (Å²) < 4.78 is 0.932. The SMILES string of the molecule is CCCCCCc1ccc(C(C#C[Si](C)(C)C)=C(Br)Br)cc1. The van der Waals surface area contributed by atoms with Crippen molar-refractivity contribution in [1.82, 2.24) is 0 Å². The highest BCUT2D eigenvalue weighted by atomic mass is 79.9. The standard InChI is InChI=1S/C19H26Br2Si/c1-5-6-7-8-9-16-10-12-17(13-11-16)18(19(20)21)14-15-22(2,3)4/h10-13H,5-9H2,1-4H3. The molecule has 0 spiro atoms. The summed E-state index contributed by atoms with van der Waals surface area (Å²) >= 11 is 7.06. The summed E-state index contributed by atoms with van der Waals surface area (Å²) in [5.74, 6) is 3.35. The fraction of sp³-hybridized carbons (Fsp3) is 0.474.